The fourth-order valence-corrected chi connectivity index (χ4v) is 4.14. The maximum absolute atomic E-state index is 9.65. The average Bonchev–Trinajstić information content (AvgIpc) is 3.10. The molecule has 132 valence electrons. The number of halogens is 1. The zero-order valence-electron chi connectivity index (χ0n) is 14.2. The smallest absolute Gasteiger partial charge is 0.224 e. The minimum absolute atomic E-state index is 0.150. The molecule has 0 aliphatic carbocycles. The average molecular weight is 359 g/mol. The van der Waals surface area contributed by atoms with Gasteiger partial charge in [0.1, 0.15) is 5.82 Å². The highest BCUT2D eigenvalue weighted by molar-refractivity contribution is 6.28. The summed E-state index contributed by atoms with van der Waals surface area (Å²) in [5, 5.41) is 9.96. The molecule has 0 spiro atoms. The summed E-state index contributed by atoms with van der Waals surface area (Å²) in [4.78, 5) is 13.7. The molecule has 3 heterocycles. The van der Waals surface area contributed by atoms with Crippen LogP contribution in [0.15, 0.2) is 30.3 Å². The van der Waals surface area contributed by atoms with Gasteiger partial charge in [0, 0.05) is 31.7 Å². The number of aliphatic hydroxyl groups excluding tert-OH is 1. The zero-order valence-corrected chi connectivity index (χ0v) is 15.0. The van der Waals surface area contributed by atoms with Crippen LogP contribution in [-0.4, -0.2) is 45.7 Å². The van der Waals surface area contributed by atoms with Crippen molar-refractivity contribution >= 4 is 17.4 Å². The van der Waals surface area contributed by atoms with E-state index in [1.165, 1.54) is 11.1 Å². The minimum atomic E-state index is 0.150. The van der Waals surface area contributed by atoms with Gasteiger partial charge in [-0.05, 0) is 36.4 Å². The van der Waals surface area contributed by atoms with Crippen molar-refractivity contribution in [3.63, 3.8) is 0 Å². The molecule has 0 bridgehead atoms. The van der Waals surface area contributed by atoms with Crippen LogP contribution in [0.5, 0.6) is 0 Å². The Kier molecular flexibility index (Phi) is 4.88. The summed E-state index contributed by atoms with van der Waals surface area (Å²) in [6.07, 6.45) is 3.01. The summed E-state index contributed by atoms with van der Waals surface area (Å²) in [5.41, 5.74) is 3.54. The second-order valence-electron chi connectivity index (χ2n) is 6.86. The molecule has 5 nitrogen and oxygen atoms in total. The Bertz CT molecular complexity index is 740. The van der Waals surface area contributed by atoms with Crippen molar-refractivity contribution < 1.29 is 5.11 Å². The lowest BCUT2D eigenvalue weighted by atomic mass is 10.0. The molecular weight excluding hydrogens is 336 g/mol. The Hall–Kier alpha value is -1.69. The molecule has 1 aromatic heterocycles. The number of aliphatic hydroxyl groups is 1. The molecule has 0 saturated carbocycles. The SMILES string of the molecule is OCC1CCCN1c1nc(Cl)nc2c1CCN(Cc1ccccc1)C2. The van der Waals surface area contributed by atoms with Crippen molar-refractivity contribution in [3.8, 4) is 0 Å². The summed E-state index contributed by atoms with van der Waals surface area (Å²) < 4.78 is 0. The Morgan fingerprint density at radius 3 is 2.80 bits per heavy atom. The number of nitrogens with zero attached hydrogens (tertiary/aromatic N) is 4. The standard InChI is InChI=1S/C19H23ClN4O/c20-19-21-17-12-23(11-14-5-2-1-3-6-14)10-8-16(17)18(22-19)24-9-4-7-15(24)13-25/h1-3,5-6,15,25H,4,7-13H2. The van der Waals surface area contributed by atoms with Gasteiger partial charge in [-0.25, -0.2) is 9.97 Å². The second-order valence-corrected chi connectivity index (χ2v) is 7.20. The number of fused-ring (bicyclic) bond motifs is 1. The van der Waals surface area contributed by atoms with E-state index >= 15 is 0 Å². The molecule has 0 amide bonds. The third-order valence-electron chi connectivity index (χ3n) is 5.20. The van der Waals surface area contributed by atoms with Gasteiger partial charge in [-0.1, -0.05) is 30.3 Å². The first-order valence-corrected chi connectivity index (χ1v) is 9.31. The third kappa shape index (κ3) is 3.50. The summed E-state index contributed by atoms with van der Waals surface area (Å²) in [6, 6.07) is 10.7. The van der Waals surface area contributed by atoms with E-state index in [2.05, 4.69) is 44.0 Å². The lowest BCUT2D eigenvalue weighted by molar-refractivity contribution is 0.240. The molecule has 4 rings (SSSR count). The van der Waals surface area contributed by atoms with E-state index in [1.54, 1.807) is 0 Å². The van der Waals surface area contributed by atoms with Gasteiger partial charge in [0.15, 0.2) is 0 Å². The first kappa shape index (κ1) is 16.8. The Balaban J connectivity index is 1.58. The molecule has 1 fully saturated rings. The summed E-state index contributed by atoms with van der Waals surface area (Å²) in [6.45, 7) is 3.78. The summed E-state index contributed by atoms with van der Waals surface area (Å²) >= 11 is 6.23. The predicted molar refractivity (Wildman–Crippen MR) is 98.8 cm³/mol. The van der Waals surface area contributed by atoms with Crippen LogP contribution in [0.2, 0.25) is 5.28 Å². The van der Waals surface area contributed by atoms with Crippen molar-refractivity contribution in [2.45, 2.75) is 38.4 Å². The van der Waals surface area contributed by atoms with E-state index in [9.17, 15) is 5.11 Å². The Morgan fingerprint density at radius 1 is 1.16 bits per heavy atom. The van der Waals surface area contributed by atoms with Crippen LogP contribution >= 0.6 is 11.6 Å². The van der Waals surface area contributed by atoms with E-state index in [-0.39, 0.29) is 12.6 Å². The molecule has 1 unspecified atom stereocenters. The van der Waals surface area contributed by atoms with Gasteiger partial charge in [-0.15, -0.1) is 0 Å². The molecule has 1 saturated heterocycles. The largest absolute Gasteiger partial charge is 0.394 e. The van der Waals surface area contributed by atoms with E-state index in [1.807, 2.05) is 6.07 Å². The molecule has 1 atom stereocenters. The topological polar surface area (TPSA) is 52.5 Å². The maximum atomic E-state index is 9.65. The van der Waals surface area contributed by atoms with Crippen molar-refractivity contribution in [1.29, 1.82) is 0 Å². The number of hydrogen-bond acceptors (Lipinski definition) is 5. The van der Waals surface area contributed by atoms with E-state index in [0.717, 1.165) is 57.0 Å². The minimum Gasteiger partial charge on any atom is -0.394 e. The van der Waals surface area contributed by atoms with Gasteiger partial charge in [0.2, 0.25) is 5.28 Å². The molecule has 0 radical (unpaired) electrons. The summed E-state index contributed by atoms with van der Waals surface area (Å²) in [7, 11) is 0. The monoisotopic (exact) mass is 358 g/mol. The molecule has 1 N–H and O–H groups in total. The van der Waals surface area contributed by atoms with Crippen LogP contribution in [0, 0.1) is 0 Å². The van der Waals surface area contributed by atoms with Crippen LogP contribution in [0.1, 0.15) is 29.7 Å². The van der Waals surface area contributed by atoms with Crippen molar-refractivity contribution in [1.82, 2.24) is 14.9 Å². The second kappa shape index (κ2) is 7.28. The number of rotatable bonds is 4. The first-order valence-electron chi connectivity index (χ1n) is 8.93. The number of anilines is 1. The number of benzene rings is 1. The lowest BCUT2D eigenvalue weighted by Gasteiger charge is -2.32. The highest BCUT2D eigenvalue weighted by Crippen LogP contribution is 2.32. The highest BCUT2D eigenvalue weighted by atomic mass is 35.5. The maximum Gasteiger partial charge on any atom is 0.224 e. The van der Waals surface area contributed by atoms with Crippen LogP contribution in [-0.2, 0) is 19.5 Å². The van der Waals surface area contributed by atoms with Crippen LogP contribution in [0.25, 0.3) is 0 Å². The fourth-order valence-electron chi connectivity index (χ4n) is 3.95. The number of aromatic nitrogens is 2. The predicted octanol–water partition coefficient (Wildman–Crippen LogP) is 2.65. The van der Waals surface area contributed by atoms with E-state index in [4.69, 9.17) is 11.6 Å². The van der Waals surface area contributed by atoms with E-state index < -0.39 is 0 Å². The fraction of sp³-hybridized carbons (Fsp3) is 0.474. The van der Waals surface area contributed by atoms with Crippen molar-refractivity contribution in [2.75, 3.05) is 24.6 Å². The molecular formula is C19H23ClN4O. The van der Waals surface area contributed by atoms with Gasteiger partial charge in [-0.3, -0.25) is 4.90 Å². The zero-order chi connectivity index (χ0) is 17.2. The summed E-state index contributed by atoms with van der Waals surface area (Å²) in [5.74, 6) is 0.936. The van der Waals surface area contributed by atoms with Crippen LogP contribution in [0.4, 0.5) is 5.82 Å². The Labute approximate surface area is 153 Å². The van der Waals surface area contributed by atoms with Gasteiger partial charge >= 0.3 is 0 Å². The third-order valence-corrected chi connectivity index (χ3v) is 5.37. The van der Waals surface area contributed by atoms with Crippen molar-refractivity contribution in [3.05, 3.63) is 52.4 Å². The van der Waals surface area contributed by atoms with Crippen LogP contribution < -0.4 is 4.90 Å². The molecule has 2 aliphatic rings. The molecule has 2 aliphatic heterocycles. The molecule has 25 heavy (non-hydrogen) atoms. The quantitative estimate of drug-likeness (QED) is 0.851. The first-order chi connectivity index (χ1) is 12.2. The van der Waals surface area contributed by atoms with Gasteiger partial charge < -0.3 is 10.0 Å². The molecule has 6 heteroatoms. The van der Waals surface area contributed by atoms with Crippen LogP contribution in [0.3, 0.4) is 0 Å². The van der Waals surface area contributed by atoms with Gasteiger partial charge in [0.05, 0.1) is 18.3 Å². The van der Waals surface area contributed by atoms with E-state index in [0.29, 0.717) is 5.28 Å². The Morgan fingerprint density at radius 2 is 2.00 bits per heavy atom. The molecule has 1 aromatic carbocycles. The number of hydrogen-bond donors (Lipinski definition) is 1. The highest BCUT2D eigenvalue weighted by Gasteiger charge is 2.30. The van der Waals surface area contributed by atoms with Gasteiger partial charge in [0.25, 0.3) is 0 Å². The lowest BCUT2D eigenvalue weighted by Crippen LogP contribution is -2.37. The molecule has 2 aromatic rings. The van der Waals surface area contributed by atoms with Crippen molar-refractivity contribution in [2.24, 2.45) is 0 Å². The van der Waals surface area contributed by atoms with Gasteiger partial charge in [-0.2, -0.15) is 0 Å². The normalized spacial score (nSPS) is 20.7.